The zero-order valence-electron chi connectivity index (χ0n) is 9.68. The van der Waals surface area contributed by atoms with Crippen molar-refractivity contribution in [3.63, 3.8) is 0 Å². The van der Waals surface area contributed by atoms with Gasteiger partial charge < -0.3 is 15.2 Å². The third-order valence-corrected chi connectivity index (χ3v) is 3.61. The molecule has 1 aromatic carbocycles. The van der Waals surface area contributed by atoms with E-state index in [1.54, 1.807) is 18.2 Å². The summed E-state index contributed by atoms with van der Waals surface area (Å²) in [5, 5.41) is 17.4. The fourth-order valence-corrected chi connectivity index (χ4v) is 2.66. The fourth-order valence-electron chi connectivity index (χ4n) is 1.84. The number of halogens is 2. The molecule has 2 aromatic rings. The minimum absolute atomic E-state index is 0.228. The van der Waals surface area contributed by atoms with E-state index in [0.717, 1.165) is 11.8 Å². The van der Waals surface area contributed by atoms with Crippen LogP contribution in [-0.4, -0.2) is 14.9 Å². The normalized spacial score (nSPS) is 15.1. The molecule has 0 atom stereocenters. The first kappa shape index (κ1) is 13.2. The number of hydrogen-bond donors (Lipinski definition) is 2. The molecular formula is C11H6Cl2N4O2S. The van der Waals surface area contributed by atoms with Crippen molar-refractivity contribution >= 4 is 40.8 Å². The van der Waals surface area contributed by atoms with Crippen molar-refractivity contribution in [3.05, 3.63) is 18.2 Å². The van der Waals surface area contributed by atoms with Gasteiger partial charge in [-0.1, -0.05) is 6.07 Å². The first-order valence-electron chi connectivity index (χ1n) is 5.31. The van der Waals surface area contributed by atoms with Crippen LogP contribution in [-0.2, 0) is 0 Å². The largest absolute Gasteiger partial charge is 0.423 e. The van der Waals surface area contributed by atoms with E-state index in [0.29, 0.717) is 27.7 Å². The van der Waals surface area contributed by atoms with Gasteiger partial charge in [0, 0.05) is 5.56 Å². The molecule has 0 fully saturated rings. The molecule has 0 saturated carbocycles. The van der Waals surface area contributed by atoms with Crippen molar-refractivity contribution in [1.82, 2.24) is 10.2 Å². The number of para-hydroxylation sites is 1. The summed E-state index contributed by atoms with van der Waals surface area (Å²) in [6.07, 6.45) is 0. The van der Waals surface area contributed by atoms with Gasteiger partial charge in [-0.05, 0) is 47.1 Å². The lowest BCUT2D eigenvalue weighted by atomic mass is 10.1. The number of anilines is 1. The highest BCUT2D eigenvalue weighted by atomic mass is 35.5. The molecule has 0 spiro atoms. The number of thioether (sulfide) groups is 1. The van der Waals surface area contributed by atoms with Crippen LogP contribution in [0.25, 0.3) is 11.3 Å². The predicted octanol–water partition coefficient (Wildman–Crippen LogP) is 3.09. The van der Waals surface area contributed by atoms with Crippen LogP contribution in [0.3, 0.4) is 0 Å². The third-order valence-electron chi connectivity index (χ3n) is 2.59. The molecule has 20 heavy (non-hydrogen) atoms. The van der Waals surface area contributed by atoms with Gasteiger partial charge in [0.25, 0.3) is 0 Å². The summed E-state index contributed by atoms with van der Waals surface area (Å²) in [4.78, 5) is 0.506. The molecule has 0 bridgehead atoms. The maximum absolute atomic E-state index is 8.83. The highest BCUT2D eigenvalue weighted by Gasteiger charge is 2.39. The SMILES string of the molecule is N#CSc1c(N)n[nH]c1-c1cccc2c1OC(Cl)(Cl)O2. The summed E-state index contributed by atoms with van der Waals surface area (Å²) in [6, 6.07) is 5.17. The summed E-state index contributed by atoms with van der Waals surface area (Å²) >= 11 is 12.5. The van der Waals surface area contributed by atoms with Gasteiger partial charge in [0.05, 0.1) is 10.6 Å². The molecule has 9 heteroatoms. The minimum atomic E-state index is -1.77. The number of aromatic nitrogens is 2. The topological polar surface area (TPSA) is 97.0 Å². The van der Waals surface area contributed by atoms with Crippen molar-refractivity contribution in [3.8, 4) is 28.2 Å². The average molecular weight is 329 g/mol. The van der Waals surface area contributed by atoms with Gasteiger partial charge in [-0.25, -0.2) is 0 Å². The Kier molecular flexibility index (Phi) is 3.09. The highest BCUT2D eigenvalue weighted by molar-refractivity contribution is 8.04. The molecular weight excluding hydrogens is 323 g/mol. The van der Waals surface area contributed by atoms with Crippen LogP contribution in [0.4, 0.5) is 5.82 Å². The zero-order valence-corrected chi connectivity index (χ0v) is 12.0. The van der Waals surface area contributed by atoms with E-state index in [-0.39, 0.29) is 5.82 Å². The van der Waals surface area contributed by atoms with E-state index in [9.17, 15) is 0 Å². The van der Waals surface area contributed by atoms with Crippen LogP contribution in [0.1, 0.15) is 0 Å². The van der Waals surface area contributed by atoms with Crippen molar-refractivity contribution < 1.29 is 9.47 Å². The molecule has 0 amide bonds. The molecule has 0 aliphatic carbocycles. The average Bonchev–Trinajstić information content (AvgIpc) is 2.89. The molecule has 0 radical (unpaired) electrons. The van der Waals surface area contributed by atoms with Crippen LogP contribution in [0, 0.1) is 10.7 Å². The number of nitrogens with zero attached hydrogens (tertiary/aromatic N) is 2. The van der Waals surface area contributed by atoms with Gasteiger partial charge in [-0.15, -0.1) is 0 Å². The summed E-state index contributed by atoms with van der Waals surface area (Å²) in [7, 11) is 0. The number of alkyl halides is 2. The first-order valence-corrected chi connectivity index (χ1v) is 6.88. The number of nitrogens with two attached hydrogens (primary N) is 1. The number of rotatable bonds is 2. The molecule has 6 nitrogen and oxygen atoms in total. The number of benzene rings is 1. The monoisotopic (exact) mass is 328 g/mol. The molecule has 1 aliphatic rings. The molecule has 0 unspecified atom stereocenters. The minimum Gasteiger partial charge on any atom is -0.423 e. The smallest absolute Gasteiger partial charge is 0.419 e. The standard InChI is InChI=1S/C11H6Cl2N4O2S/c12-11(13)18-6-3-1-2-5(8(6)19-11)7-9(20-4-14)10(15)17-16-7/h1-3H,(H3,15,16,17). The summed E-state index contributed by atoms with van der Waals surface area (Å²) in [5.41, 5.74) is 6.87. The molecule has 102 valence electrons. The van der Waals surface area contributed by atoms with Gasteiger partial charge in [-0.2, -0.15) is 10.4 Å². The molecule has 3 rings (SSSR count). The van der Waals surface area contributed by atoms with E-state index < -0.39 is 4.71 Å². The highest BCUT2D eigenvalue weighted by Crippen LogP contribution is 2.50. The van der Waals surface area contributed by atoms with Crippen molar-refractivity contribution in [1.29, 1.82) is 5.26 Å². The van der Waals surface area contributed by atoms with Gasteiger partial charge in [-0.3, -0.25) is 5.10 Å². The Hall–Kier alpha value is -1.75. The number of H-pyrrole nitrogens is 1. The maximum atomic E-state index is 8.83. The summed E-state index contributed by atoms with van der Waals surface area (Å²) in [6.45, 7) is 0. The zero-order chi connectivity index (χ0) is 14.3. The van der Waals surface area contributed by atoms with E-state index in [1.807, 2.05) is 5.40 Å². The lowest BCUT2D eigenvalue weighted by Crippen LogP contribution is -2.23. The number of nitriles is 1. The van der Waals surface area contributed by atoms with Crippen LogP contribution < -0.4 is 15.2 Å². The van der Waals surface area contributed by atoms with Crippen LogP contribution in [0.5, 0.6) is 11.5 Å². The second-order valence-corrected chi connectivity index (χ2v) is 5.79. The first-order chi connectivity index (χ1) is 9.52. The molecule has 0 saturated heterocycles. The second kappa shape index (κ2) is 4.66. The lowest BCUT2D eigenvalue weighted by Gasteiger charge is -2.10. The van der Waals surface area contributed by atoms with Crippen LogP contribution >= 0.6 is 35.0 Å². The second-order valence-electron chi connectivity index (χ2n) is 3.81. The van der Waals surface area contributed by atoms with Gasteiger partial charge in [0.1, 0.15) is 5.40 Å². The van der Waals surface area contributed by atoms with Crippen molar-refractivity contribution in [2.24, 2.45) is 0 Å². The van der Waals surface area contributed by atoms with Crippen LogP contribution in [0.15, 0.2) is 23.1 Å². The van der Waals surface area contributed by atoms with Crippen molar-refractivity contribution in [2.75, 3.05) is 5.73 Å². The Labute approximate surface area is 127 Å². The summed E-state index contributed by atoms with van der Waals surface area (Å²) in [5.74, 6) is 0.987. The van der Waals surface area contributed by atoms with Crippen LogP contribution in [0.2, 0.25) is 0 Å². The fraction of sp³-hybridized carbons (Fsp3) is 0.0909. The van der Waals surface area contributed by atoms with E-state index in [1.165, 1.54) is 0 Å². The number of thiocyanates is 1. The third kappa shape index (κ3) is 2.12. The van der Waals surface area contributed by atoms with E-state index >= 15 is 0 Å². The van der Waals surface area contributed by atoms with Gasteiger partial charge in [0.2, 0.25) is 0 Å². The number of aromatic amines is 1. The lowest BCUT2D eigenvalue weighted by molar-refractivity contribution is 0.0852. The number of nitrogens with one attached hydrogen (secondary N) is 1. The number of ether oxygens (including phenoxy) is 2. The molecule has 2 heterocycles. The molecule has 1 aliphatic heterocycles. The van der Waals surface area contributed by atoms with Gasteiger partial charge >= 0.3 is 4.71 Å². The Bertz CT molecular complexity index is 726. The predicted molar refractivity (Wildman–Crippen MR) is 75.6 cm³/mol. The number of fused-ring (bicyclic) bond motifs is 1. The van der Waals surface area contributed by atoms with Crippen molar-refractivity contribution in [2.45, 2.75) is 9.60 Å². The Morgan fingerprint density at radius 2 is 2.20 bits per heavy atom. The molecule has 3 N–H and O–H groups in total. The maximum Gasteiger partial charge on any atom is 0.419 e. The van der Waals surface area contributed by atoms with E-state index in [2.05, 4.69) is 10.2 Å². The van der Waals surface area contributed by atoms with E-state index in [4.69, 9.17) is 43.7 Å². The number of nitrogen functional groups attached to an aromatic ring is 1. The Balaban J connectivity index is 2.15. The molecule has 1 aromatic heterocycles. The Morgan fingerprint density at radius 3 is 2.95 bits per heavy atom. The summed E-state index contributed by atoms with van der Waals surface area (Å²) < 4.78 is 8.81. The van der Waals surface area contributed by atoms with Gasteiger partial charge in [0.15, 0.2) is 17.3 Å². The number of hydrogen-bond acceptors (Lipinski definition) is 6. The Morgan fingerprint density at radius 1 is 1.40 bits per heavy atom. The quantitative estimate of drug-likeness (QED) is 0.499.